The van der Waals surface area contributed by atoms with Crippen LogP contribution in [0.2, 0.25) is 0 Å². The predicted molar refractivity (Wildman–Crippen MR) is 146 cm³/mol. The molecule has 0 unspecified atom stereocenters. The van der Waals surface area contributed by atoms with E-state index in [1.165, 1.54) is 0 Å². The van der Waals surface area contributed by atoms with Crippen molar-refractivity contribution in [3.8, 4) is 6.07 Å². The Morgan fingerprint density at radius 3 is 2.26 bits per heavy atom. The van der Waals surface area contributed by atoms with Gasteiger partial charge < -0.3 is 14.8 Å². The lowest BCUT2D eigenvalue weighted by Crippen LogP contribution is -2.63. The second-order valence-corrected chi connectivity index (χ2v) is 12.3. The molecule has 3 aliphatic rings. The normalized spacial score (nSPS) is 30.4. The van der Waals surface area contributed by atoms with Crippen LogP contribution in [-0.2, 0) is 19.1 Å². The first-order valence-corrected chi connectivity index (χ1v) is 14.5. The van der Waals surface area contributed by atoms with E-state index in [1.807, 2.05) is 32.7 Å². The molecule has 1 saturated heterocycles. The summed E-state index contributed by atoms with van der Waals surface area (Å²) in [7, 11) is 1.95. The molecule has 3 rings (SSSR count). The van der Waals surface area contributed by atoms with Crippen molar-refractivity contribution in [3.63, 3.8) is 0 Å². The maximum absolute atomic E-state index is 12.5. The van der Waals surface area contributed by atoms with E-state index in [0.717, 1.165) is 71.0 Å². The molecule has 0 aromatic rings. The maximum atomic E-state index is 12.5. The molecule has 0 spiro atoms. The molecule has 0 radical (unpaired) electrons. The number of nitrogens with zero attached hydrogens (tertiary/aromatic N) is 2. The highest BCUT2D eigenvalue weighted by molar-refractivity contribution is 5.83. The fourth-order valence-electron chi connectivity index (χ4n) is 5.87. The molecule has 1 amide bonds. The van der Waals surface area contributed by atoms with E-state index < -0.39 is 5.60 Å². The number of hydrogen-bond donors (Lipinski definition) is 4. The van der Waals surface area contributed by atoms with Crippen molar-refractivity contribution in [2.24, 2.45) is 17.8 Å². The Balaban J connectivity index is 1.25. The monoisotopic (exact) mass is 534 g/mol. The Morgan fingerprint density at radius 1 is 1.00 bits per heavy atom. The van der Waals surface area contributed by atoms with Crippen molar-refractivity contribution in [2.45, 2.75) is 96.2 Å². The summed E-state index contributed by atoms with van der Waals surface area (Å²) in [6.07, 6.45) is 8.70. The molecule has 38 heavy (non-hydrogen) atoms. The molecule has 216 valence electrons. The lowest BCUT2D eigenvalue weighted by Gasteiger charge is -2.40. The van der Waals surface area contributed by atoms with Gasteiger partial charge in [-0.1, -0.05) is 0 Å². The third-order valence-corrected chi connectivity index (χ3v) is 8.05. The van der Waals surface area contributed by atoms with Crippen LogP contribution < -0.4 is 21.3 Å². The molecule has 0 bridgehead atoms. The lowest BCUT2D eigenvalue weighted by atomic mass is 9.75. The van der Waals surface area contributed by atoms with Gasteiger partial charge in [0, 0.05) is 31.6 Å². The fraction of sp³-hybridized carbons (Fsp3) is 0.893. The minimum atomic E-state index is -0.539. The van der Waals surface area contributed by atoms with Gasteiger partial charge in [0.1, 0.15) is 18.4 Å². The number of rotatable bonds is 11. The average molecular weight is 535 g/mol. The first-order valence-electron chi connectivity index (χ1n) is 14.5. The van der Waals surface area contributed by atoms with E-state index in [0.29, 0.717) is 37.1 Å². The van der Waals surface area contributed by atoms with Crippen molar-refractivity contribution in [2.75, 3.05) is 46.4 Å². The number of nitriles is 1. The molecular weight excluding hydrogens is 484 g/mol. The van der Waals surface area contributed by atoms with Crippen molar-refractivity contribution < 1.29 is 19.1 Å². The largest absolute Gasteiger partial charge is 0.459 e. The minimum Gasteiger partial charge on any atom is -0.459 e. The number of esters is 1. The van der Waals surface area contributed by atoms with Crippen LogP contribution in [-0.4, -0.2) is 87.2 Å². The zero-order valence-electron chi connectivity index (χ0n) is 23.9. The van der Waals surface area contributed by atoms with Gasteiger partial charge >= 0.3 is 5.97 Å². The molecule has 10 nitrogen and oxygen atoms in total. The summed E-state index contributed by atoms with van der Waals surface area (Å²) in [5, 5.41) is 22.6. The fourth-order valence-corrected chi connectivity index (χ4v) is 5.87. The first-order chi connectivity index (χ1) is 18.1. The summed E-state index contributed by atoms with van der Waals surface area (Å²) in [6, 6.07) is 2.66. The van der Waals surface area contributed by atoms with Gasteiger partial charge in [-0.05, 0) is 91.0 Å². The summed E-state index contributed by atoms with van der Waals surface area (Å²) in [4.78, 5) is 26.4. The van der Waals surface area contributed by atoms with Crippen LogP contribution in [0.25, 0.3) is 0 Å². The summed E-state index contributed by atoms with van der Waals surface area (Å²) >= 11 is 0. The number of hydrogen-bond acceptors (Lipinski definition) is 9. The highest BCUT2D eigenvalue weighted by Gasteiger charge is 2.33. The van der Waals surface area contributed by atoms with Crippen LogP contribution in [0.15, 0.2) is 0 Å². The van der Waals surface area contributed by atoms with Gasteiger partial charge in [0.05, 0.1) is 25.3 Å². The molecule has 3 fully saturated rings. The number of carbonyl (C=O) groups is 2. The summed E-state index contributed by atoms with van der Waals surface area (Å²) in [6.45, 7) is 9.31. The molecule has 0 aromatic carbocycles. The van der Waals surface area contributed by atoms with Crippen molar-refractivity contribution >= 4 is 11.9 Å². The third kappa shape index (κ3) is 10.8. The highest BCUT2D eigenvalue weighted by atomic mass is 16.6. The Bertz CT molecular complexity index is 773. The van der Waals surface area contributed by atoms with Crippen LogP contribution in [0.4, 0.5) is 0 Å². The predicted octanol–water partition coefficient (Wildman–Crippen LogP) is 1.72. The van der Waals surface area contributed by atoms with E-state index >= 15 is 0 Å². The summed E-state index contributed by atoms with van der Waals surface area (Å²) in [5.41, 5.74) is -0.539. The number of amides is 1. The second kappa shape index (κ2) is 15.1. The Hall–Kier alpha value is -1.77. The van der Waals surface area contributed by atoms with E-state index in [2.05, 4.69) is 27.3 Å². The van der Waals surface area contributed by atoms with Gasteiger partial charge in [-0.25, -0.2) is 0 Å². The van der Waals surface area contributed by atoms with E-state index in [4.69, 9.17) is 14.7 Å². The van der Waals surface area contributed by atoms with Gasteiger partial charge in [0.25, 0.3) is 0 Å². The van der Waals surface area contributed by atoms with Gasteiger partial charge in [0.2, 0.25) is 5.91 Å². The molecule has 10 heteroatoms. The standard InChI is InChI=1S/C28H50N6O4/c1-28(2,3)38-25(35)19-30-26(36)21-7-5-20(6-8-21)22-17-31-27(32-18-22)33-23-9-11-24(12-10-23)37-16-15-34(4)14-13-29/h20-24,27,31-33H,5-12,14-19H2,1-4H3,(H,30,36). The number of nitrogens with one attached hydrogen (secondary N) is 4. The number of likely N-dealkylation sites (N-methyl/N-ethyl adjacent to an activating group) is 1. The molecule has 0 aromatic heterocycles. The number of carbonyl (C=O) groups excluding carboxylic acids is 2. The van der Waals surface area contributed by atoms with E-state index in [-0.39, 0.29) is 30.6 Å². The molecule has 0 atom stereocenters. The highest BCUT2D eigenvalue weighted by Crippen LogP contribution is 2.34. The smallest absolute Gasteiger partial charge is 0.325 e. The van der Waals surface area contributed by atoms with Gasteiger partial charge in [-0.2, -0.15) is 5.26 Å². The second-order valence-electron chi connectivity index (χ2n) is 12.3. The zero-order valence-corrected chi connectivity index (χ0v) is 23.9. The SMILES string of the molecule is CN(CC#N)CCOC1CCC(NC2NCC(C3CCC(C(=O)NCC(=O)OC(C)(C)C)CC3)CN2)CC1. The first kappa shape index (κ1) is 30.8. The van der Waals surface area contributed by atoms with E-state index in [1.54, 1.807) is 0 Å². The van der Waals surface area contributed by atoms with Crippen molar-refractivity contribution in [1.82, 2.24) is 26.2 Å². The van der Waals surface area contributed by atoms with Gasteiger partial charge in [-0.15, -0.1) is 0 Å². The lowest BCUT2D eigenvalue weighted by molar-refractivity contribution is -0.154. The van der Waals surface area contributed by atoms with Crippen molar-refractivity contribution in [3.05, 3.63) is 0 Å². The Kier molecular flexibility index (Phi) is 12.3. The van der Waals surface area contributed by atoms with Crippen LogP contribution in [0, 0.1) is 29.1 Å². The number of ether oxygens (including phenoxy) is 2. The average Bonchev–Trinajstić information content (AvgIpc) is 2.88. The summed E-state index contributed by atoms with van der Waals surface area (Å²) < 4.78 is 11.3. The zero-order chi connectivity index (χ0) is 27.5. The molecule has 1 aliphatic heterocycles. The Labute approximate surface area is 228 Å². The van der Waals surface area contributed by atoms with Crippen LogP contribution in [0.3, 0.4) is 0 Å². The van der Waals surface area contributed by atoms with Crippen LogP contribution in [0.1, 0.15) is 72.1 Å². The third-order valence-electron chi connectivity index (χ3n) is 8.05. The molecule has 1 heterocycles. The molecule has 2 saturated carbocycles. The quantitative estimate of drug-likeness (QED) is 0.231. The van der Waals surface area contributed by atoms with E-state index in [9.17, 15) is 9.59 Å². The topological polar surface area (TPSA) is 128 Å². The van der Waals surface area contributed by atoms with Crippen LogP contribution in [0.5, 0.6) is 0 Å². The van der Waals surface area contributed by atoms with Gasteiger partial charge in [0.15, 0.2) is 0 Å². The maximum Gasteiger partial charge on any atom is 0.325 e. The molecule has 2 aliphatic carbocycles. The molecular formula is C28H50N6O4. The van der Waals surface area contributed by atoms with Crippen LogP contribution >= 0.6 is 0 Å². The summed E-state index contributed by atoms with van der Waals surface area (Å²) in [5.74, 6) is 0.766. The van der Waals surface area contributed by atoms with Gasteiger partial charge in [-0.3, -0.25) is 30.4 Å². The van der Waals surface area contributed by atoms with Crippen molar-refractivity contribution in [1.29, 1.82) is 5.26 Å². The molecule has 4 N–H and O–H groups in total. The Morgan fingerprint density at radius 2 is 1.66 bits per heavy atom. The minimum absolute atomic E-state index is 0.00910.